The predicted octanol–water partition coefficient (Wildman–Crippen LogP) is 0.820. The molecule has 2 heteroatoms. The van der Waals surface area contributed by atoms with E-state index in [0.29, 0.717) is 0 Å². The largest absolute Gasteiger partial charge is 0.324 e. The Morgan fingerprint density at radius 2 is 2.27 bits per heavy atom. The summed E-state index contributed by atoms with van der Waals surface area (Å²) in [4.78, 5) is 2.38. The number of hydrogen-bond acceptors (Lipinski definition) is 2. The van der Waals surface area contributed by atoms with Crippen LogP contribution in [-0.4, -0.2) is 30.6 Å². The van der Waals surface area contributed by atoms with E-state index in [2.05, 4.69) is 11.9 Å². The van der Waals surface area contributed by atoms with Crippen molar-refractivity contribution < 1.29 is 0 Å². The highest BCUT2D eigenvalue weighted by atomic mass is 15.2. The first-order valence-corrected chi connectivity index (χ1v) is 4.68. The second-order valence-corrected chi connectivity index (χ2v) is 4.37. The SMILES string of the molecule is CN1C[C@H]2CCCC[C@@]2(N)C1. The molecule has 1 aliphatic carbocycles. The molecular weight excluding hydrogens is 136 g/mol. The molecule has 2 aliphatic rings. The molecule has 0 aromatic carbocycles. The van der Waals surface area contributed by atoms with Crippen molar-refractivity contribution >= 4 is 0 Å². The number of rotatable bonds is 0. The van der Waals surface area contributed by atoms with Crippen molar-refractivity contribution in [3.63, 3.8) is 0 Å². The van der Waals surface area contributed by atoms with Gasteiger partial charge >= 0.3 is 0 Å². The van der Waals surface area contributed by atoms with Gasteiger partial charge in [-0.2, -0.15) is 0 Å². The van der Waals surface area contributed by atoms with E-state index in [-0.39, 0.29) is 5.54 Å². The minimum atomic E-state index is 0.188. The van der Waals surface area contributed by atoms with E-state index in [0.717, 1.165) is 12.5 Å². The Labute approximate surface area is 68.7 Å². The van der Waals surface area contributed by atoms with Gasteiger partial charge in [-0.1, -0.05) is 12.8 Å². The van der Waals surface area contributed by atoms with Crippen molar-refractivity contribution in [2.45, 2.75) is 31.2 Å². The molecule has 2 rings (SSSR count). The summed E-state index contributed by atoms with van der Waals surface area (Å²) in [7, 11) is 2.19. The fourth-order valence-corrected chi connectivity index (χ4v) is 2.76. The first-order chi connectivity index (χ1) is 5.21. The molecule has 1 heterocycles. The third-order valence-corrected chi connectivity index (χ3v) is 3.35. The maximum Gasteiger partial charge on any atom is 0.0324 e. The number of likely N-dealkylation sites (tertiary alicyclic amines) is 1. The summed E-state index contributed by atoms with van der Waals surface area (Å²) in [5, 5.41) is 0. The lowest BCUT2D eigenvalue weighted by atomic mass is 9.76. The molecule has 64 valence electrons. The Hall–Kier alpha value is -0.0800. The van der Waals surface area contributed by atoms with Gasteiger partial charge in [0, 0.05) is 18.6 Å². The zero-order chi connectivity index (χ0) is 7.90. The lowest BCUT2D eigenvalue weighted by Crippen LogP contribution is -2.49. The van der Waals surface area contributed by atoms with Crippen LogP contribution in [0.25, 0.3) is 0 Å². The van der Waals surface area contributed by atoms with Crippen LogP contribution >= 0.6 is 0 Å². The van der Waals surface area contributed by atoms with E-state index < -0.39 is 0 Å². The van der Waals surface area contributed by atoms with Crippen molar-refractivity contribution in [3.8, 4) is 0 Å². The van der Waals surface area contributed by atoms with Gasteiger partial charge in [0.1, 0.15) is 0 Å². The number of fused-ring (bicyclic) bond motifs is 1. The van der Waals surface area contributed by atoms with Crippen LogP contribution in [0.15, 0.2) is 0 Å². The third kappa shape index (κ3) is 1.18. The predicted molar refractivity (Wildman–Crippen MR) is 46.4 cm³/mol. The molecule has 2 fully saturated rings. The normalized spacial score (nSPS) is 45.8. The van der Waals surface area contributed by atoms with E-state index in [1.807, 2.05) is 0 Å². The molecule has 0 unspecified atom stereocenters. The highest BCUT2D eigenvalue weighted by Crippen LogP contribution is 2.36. The molecule has 1 saturated heterocycles. The van der Waals surface area contributed by atoms with E-state index in [9.17, 15) is 0 Å². The van der Waals surface area contributed by atoms with Crippen LogP contribution < -0.4 is 5.73 Å². The number of hydrogen-bond donors (Lipinski definition) is 1. The Kier molecular flexibility index (Phi) is 1.69. The molecule has 2 N–H and O–H groups in total. The average molecular weight is 154 g/mol. The Bertz CT molecular complexity index is 158. The van der Waals surface area contributed by atoms with Crippen molar-refractivity contribution in [3.05, 3.63) is 0 Å². The summed E-state index contributed by atoms with van der Waals surface area (Å²) in [6, 6.07) is 0. The third-order valence-electron chi connectivity index (χ3n) is 3.35. The summed E-state index contributed by atoms with van der Waals surface area (Å²) in [5.41, 5.74) is 6.50. The van der Waals surface area contributed by atoms with Crippen molar-refractivity contribution in [2.24, 2.45) is 11.7 Å². The first kappa shape index (κ1) is 7.56. The molecule has 2 atom stereocenters. The van der Waals surface area contributed by atoms with Gasteiger partial charge in [0.25, 0.3) is 0 Å². The fraction of sp³-hybridized carbons (Fsp3) is 1.00. The molecule has 0 aromatic heterocycles. The van der Waals surface area contributed by atoms with Crippen LogP contribution in [0.5, 0.6) is 0 Å². The maximum absolute atomic E-state index is 6.31. The summed E-state index contributed by atoms with van der Waals surface area (Å²) in [5.74, 6) is 0.793. The first-order valence-electron chi connectivity index (χ1n) is 4.68. The van der Waals surface area contributed by atoms with Crippen LogP contribution in [-0.2, 0) is 0 Å². The molecule has 0 bridgehead atoms. The van der Waals surface area contributed by atoms with Crippen molar-refractivity contribution in [1.82, 2.24) is 4.90 Å². The van der Waals surface area contributed by atoms with Gasteiger partial charge < -0.3 is 10.6 Å². The van der Waals surface area contributed by atoms with Crippen molar-refractivity contribution in [1.29, 1.82) is 0 Å². The Balaban J connectivity index is 2.11. The van der Waals surface area contributed by atoms with Crippen LogP contribution in [0.4, 0.5) is 0 Å². The monoisotopic (exact) mass is 154 g/mol. The number of nitrogens with two attached hydrogens (primary N) is 1. The molecule has 11 heavy (non-hydrogen) atoms. The van der Waals surface area contributed by atoms with E-state index >= 15 is 0 Å². The molecular formula is C9H18N2. The standard InChI is InChI=1S/C9H18N2/c1-11-6-8-4-2-3-5-9(8,10)7-11/h8H,2-7,10H2,1H3/t8-,9-/m1/s1. The van der Waals surface area contributed by atoms with Gasteiger partial charge in [0.15, 0.2) is 0 Å². The average Bonchev–Trinajstić information content (AvgIpc) is 2.22. The fourth-order valence-electron chi connectivity index (χ4n) is 2.76. The van der Waals surface area contributed by atoms with E-state index in [4.69, 9.17) is 5.73 Å². The van der Waals surface area contributed by atoms with Gasteiger partial charge in [-0.15, -0.1) is 0 Å². The number of nitrogens with zero attached hydrogens (tertiary/aromatic N) is 1. The molecule has 0 amide bonds. The molecule has 0 spiro atoms. The zero-order valence-corrected chi connectivity index (χ0v) is 7.34. The summed E-state index contributed by atoms with van der Waals surface area (Å²) in [6.07, 6.45) is 5.36. The van der Waals surface area contributed by atoms with Gasteiger partial charge in [0.2, 0.25) is 0 Å². The van der Waals surface area contributed by atoms with Crippen LogP contribution in [0.2, 0.25) is 0 Å². The van der Waals surface area contributed by atoms with Crippen LogP contribution in [0.3, 0.4) is 0 Å². The minimum absolute atomic E-state index is 0.188. The van der Waals surface area contributed by atoms with Gasteiger partial charge in [-0.05, 0) is 25.8 Å². The van der Waals surface area contributed by atoms with Crippen molar-refractivity contribution in [2.75, 3.05) is 20.1 Å². The highest BCUT2D eigenvalue weighted by molar-refractivity contribution is 5.02. The lowest BCUT2D eigenvalue weighted by molar-refractivity contribution is 0.246. The Morgan fingerprint density at radius 1 is 1.45 bits per heavy atom. The van der Waals surface area contributed by atoms with E-state index in [1.54, 1.807) is 0 Å². The van der Waals surface area contributed by atoms with Gasteiger partial charge in [0.05, 0.1) is 0 Å². The number of likely N-dealkylation sites (N-methyl/N-ethyl adjacent to an activating group) is 1. The topological polar surface area (TPSA) is 29.3 Å². The van der Waals surface area contributed by atoms with E-state index in [1.165, 1.54) is 32.2 Å². The quantitative estimate of drug-likeness (QED) is 0.559. The summed E-state index contributed by atoms with van der Waals surface area (Å²) >= 11 is 0. The minimum Gasteiger partial charge on any atom is -0.324 e. The summed E-state index contributed by atoms with van der Waals surface area (Å²) in [6.45, 7) is 2.36. The molecule has 1 aliphatic heterocycles. The highest BCUT2D eigenvalue weighted by Gasteiger charge is 2.43. The molecule has 1 saturated carbocycles. The van der Waals surface area contributed by atoms with Crippen LogP contribution in [0, 0.1) is 5.92 Å². The Morgan fingerprint density at radius 3 is 3.00 bits per heavy atom. The zero-order valence-electron chi connectivity index (χ0n) is 7.34. The van der Waals surface area contributed by atoms with Gasteiger partial charge in [-0.3, -0.25) is 0 Å². The van der Waals surface area contributed by atoms with Crippen LogP contribution in [0.1, 0.15) is 25.7 Å². The smallest absolute Gasteiger partial charge is 0.0324 e. The van der Waals surface area contributed by atoms with Gasteiger partial charge in [-0.25, -0.2) is 0 Å². The second-order valence-electron chi connectivity index (χ2n) is 4.37. The molecule has 2 nitrogen and oxygen atoms in total. The summed E-state index contributed by atoms with van der Waals surface area (Å²) < 4.78 is 0. The molecule has 0 radical (unpaired) electrons. The second kappa shape index (κ2) is 2.46. The molecule has 0 aromatic rings. The maximum atomic E-state index is 6.31. The lowest BCUT2D eigenvalue weighted by Gasteiger charge is -2.34.